The molecule has 8 nitrogen and oxygen atoms in total. The molecule has 2 N–H and O–H groups in total. The first-order valence-electron chi connectivity index (χ1n) is 10.9. The number of carbonyl (C=O) groups excluding carboxylic acids is 1. The molecule has 0 amide bonds. The van der Waals surface area contributed by atoms with Crippen molar-refractivity contribution >= 4 is 17.2 Å². The van der Waals surface area contributed by atoms with E-state index in [-0.39, 0.29) is 0 Å². The van der Waals surface area contributed by atoms with Gasteiger partial charge in [0.2, 0.25) is 0 Å². The number of rotatable bonds is 7. The van der Waals surface area contributed by atoms with Crippen LogP contribution in [0.5, 0.6) is 11.5 Å². The highest BCUT2D eigenvalue weighted by molar-refractivity contribution is 5.80. The van der Waals surface area contributed by atoms with Crippen LogP contribution in [-0.4, -0.2) is 68.8 Å². The molecule has 33 heavy (non-hydrogen) atoms. The van der Waals surface area contributed by atoms with Crippen molar-refractivity contribution in [2.24, 2.45) is 0 Å². The van der Waals surface area contributed by atoms with E-state index in [0.717, 1.165) is 59.0 Å². The van der Waals surface area contributed by atoms with E-state index >= 15 is 0 Å². The molecule has 1 atom stereocenters. The number of aliphatic hydroxyl groups excluding tert-OH is 1. The Kier molecular flexibility index (Phi) is 6.12. The number of benzene rings is 2. The van der Waals surface area contributed by atoms with E-state index in [4.69, 9.17) is 9.72 Å². The predicted octanol–water partition coefficient (Wildman–Crippen LogP) is 3.05. The number of nitrogens with one attached hydrogen (secondary N) is 1. The van der Waals surface area contributed by atoms with Crippen LogP contribution in [-0.2, 0) is 11.3 Å². The number of fused-ring (bicyclic) bond motifs is 1. The molecule has 1 unspecified atom stereocenters. The maximum Gasteiger partial charge on any atom is 0.164 e. The second kappa shape index (κ2) is 9.50. The Morgan fingerprint density at radius 1 is 1.00 bits per heavy atom. The average Bonchev–Trinajstić information content (AvgIpc) is 3.40. The quantitative estimate of drug-likeness (QED) is 0.424. The number of hydrogen-bond donors (Lipinski definition) is 2. The molecule has 1 aliphatic heterocycles. The molecule has 1 saturated heterocycles. The summed E-state index contributed by atoms with van der Waals surface area (Å²) >= 11 is 0. The van der Waals surface area contributed by atoms with Gasteiger partial charge in [-0.15, -0.1) is 0 Å². The largest absolute Gasteiger partial charge is 0.457 e. The van der Waals surface area contributed by atoms with Gasteiger partial charge in [0.1, 0.15) is 11.5 Å². The van der Waals surface area contributed by atoms with Crippen molar-refractivity contribution in [3.63, 3.8) is 0 Å². The molecule has 3 heterocycles. The monoisotopic (exact) mass is 443 g/mol. The number of nitrogens with zero attached hydrogens (tertiary/aromatic N) is 4. The van der Waals surface area contributed by atoms with E-state index in [1.54, 1.807) is 11.1 Å². The second-order valence-electron chi connectivity index (χ2n) is 8.12. The van der Waals surface area contributed by atoms with Gasteiger partial charge in [-0.05, 0) is 60.2 Å². The number of piperazine rings is 1. The van der Waals surface area contributed by atoms with Crippen molar-refractivity contribution in [3.05, 3.63) is 72.6 Å². The summed E-state index contributed by atoms with van der Waals surface area (Å²) in [4.78, 5) is 19.6. The molecule has 168 valence electrons. The summed E-state index contributed by atoms with van der Waals surface area (Å²) in [6, 6.07) is 19.8. The highest BCUT2D eigenvalue weighted by Crippen LogP contribution is 2.27. The Hall–Kier alpha value is -3.59. The first kappa shape index (κ1) is 21.3. The molecule has 0 bridgehead atoms. The zero-order chi connectivity index (χ0) is 22.6. The van der Waals surface area contributed by atoms with Crippen LogP contribution in [0.3, 0.4) is 0 Å². The van der Waals surface area contributed by atoms with E-state index in [9.17, 15) is 9.90 Å². The normalized spacial score (nSPS) is 16.0. The lowest BCUT2D eigenvalue weighted by atomic mass is 10.1. The first-order valence-corrected chi connectivity index (χ1v) is 10.9. The Morgan fingerprint density at radius 2 is 1.79 bits per heavy atom. The number of hydrogen-bond acceptors (Lipinski definition) is 7. The van der Waals surface area contributed by atoms with Crippen LogP contribution >= 0.6 is 0 Å². The lowest BCUT2D eigenvalue weighted by molar-refractivity contribution is -0.125. The van der Waals surface area contributed by atoms with Gasteiger partial charge in [0.25, 0.3) is 0 Å². The lowest BCUT2D eigenvalue weighted by Gasteiger charge is -2.35. The van der Waals surface area contributed by atoms with Gasteiger partial charge in [0.15, 0.2) is 12.5 Å². The van der Waals surface area contributed by atoms with E-state index in [1.807, 2.05) is 54.6 Å². The minimum atomic E-state index is -1.00. The minimum absolute atomic E-state index is 0.578. The van der Waals surface area contributed by atoms with Gasteiger partial charge in [0, 0.05) is 44.3 Å². The van der Waals surface area contributed by atoms with Crippen LogP contribution < -0.4 is 4.74 Å². The Balaban J connectivity index is 1.22. The third kappa shape index (κ3) is 4.93. The predicted molar refractivity (Wildman–Crippen MR) is 125 cm³/mol. The molecule has 2 aromatic heterocycles. The van der Waals surface area contributed by atoms with Gasteiger partial charge in [0.05, 0.1) is 16.9 Å². The molecular formula is C25H25N5O3. The average molecular weight is 444 g/mol. The van der Waals surface area contributed by atoms with Crippen LogP contribution in [0.4, 0.5) is 0 Å². The fourth-order valence-electron chi connectivity index (χ4n) is 4.05. The molecule has 0 aliphatic carbocycles. The summed E-state index contributed by atoms with van der Waals surface area (Å²) in [7, 11) is 0. The van der Waals surface area contributed by atoms with Crippen molar-refractivity contribution in [1.82, 2.24) is 25.0 Å². The van der Waals surface area contributed by atoms with Crippen LogP contribution in [0.1, 0.15) is 5.69 Å². The zero-order valence-electron chi connectivity index (χ0n) is 18.1. The van der Waals surface area contributed by atoms with Gasteiger partial charge in [-0.3, -0.25) is 24.7 Å². The first-order chi connectivity index (χ1) is 16.2. The fourth-order valence-corrected chi connectivity index (χ4v) is 4.05. The number of aromatic nitrogens is 3. The van der Waals surface area contributed by atoms with Crippen molar-refractivity contribution in [2.45, 2.75) is 12.8 Å². The Labute approximate surface area is 191 Å². The summed E-state index contributed by atoms with van der Waals surface area (Å²) in [6.07, 6.45) is 1.31. The second-order valence-corrected chi connectivity index (χ2v) is 8.12. The highest BCUT2D eigenvalue weighted by atomic mass is 16.5. The zero-order valence-corrected chi connectivity index (χ0v) is 18.1. The van der Waals surface area contributed by atoms with Crippen LogP contribution in [0.25, 0.3) is 22.2 Å². The summed E-state index contributed by atoms with van der Waals surface area (Å²) in [5.41, 5.74) is 3.94. The molecular weight excluding hydrogens is 418 g/mol. The SMILES string of the molecule is O=CC(O)N1CCN(Cc2ccc3cc(Oc4ccc(-c5ccn[nH]5)cc4)ccc3n2)CC1. The minimum Gasteiger partial charge on any atom is -0.457 e. The number of carbonyl (C=O) groups is 1. The van der Waals surface area contributed by atoms with E-state index in [1.165, 1.54) is 0 Å². The Morgan fingerprint density at radius 3 is 2.52 bits per heavy atom. The van der Waals surface area contributed by atoms with Crippen LogP contribution in [0.15, 0.2) is 66.9 Å². The molecule has 0 saturated carbocycles. The maximum absolute atomic E-state index is 10.8. The van der Waals surface area contributed by atoms with Gasteiger partial charge in [-0.2, -0.15) is 5.10 Å². The van der Waals surface area contributed by atoms with E-state index in [2.05, 4.69) is 21.2 Å². The van der Waals surface area contributed by atoms with Crippen molar-refractivity contribution < 1.29 is 14.6 Å². The molecule has 4 aromatic rings. The number of aliphatic hydroxyl groups is 1. The van der Waals surface area contributed by atoms with Gasteiger partial charge in [-0.1, -0.05) is 6.07 Å². The lowest BCUT2D eigenvalue weighted by Crippen LogP contribution is -2.50. The molecule has 1 fully saturated rings. The topological polar surface area (TPSA) is 94.6 Å². The summed E-state index contributed by atoms with van der Waals surface area (Å²) in [6.45, 7) is 3.64. The molecule has 2 aromatic carbocycles. The van der Waals surface area contributed by atoms with Crippen molar-refractivity contribution in [3.8, 4) is 22.8 Å². The van der Waals surface area contributed by atoms with Gasteiger partial charge in [-0.25, -0.2) is 0 Å². The molecule has 8 heteroatoms. The molecule has 5 rings (SSSR count). The standard InChI is InChI=1S/C25H25N5O3/c31-17-25(32)30-13-11-29(12-14-30)16-20-4-1-19-15-22(7-8-23(19)27-20)33-21-5-2-18(3-6-21)24-9-10-26-28-24/h1-10,15,17,25,32H,11-14,16H2,(H,26,28). The van der Waals surface area contributed by atoms with Crippen LogP contribution in [0, 0.1) is 0 Å². The summed E-state index contributed by atoms with van der Waals surface area (Å²) < 4.78 is 6.04. The number of H-pyrrole nitrogens is 1. The third-order valence-corrected chi connectivity index (χ3v) is 5.91. The number of aromatic amines is 1. The highest BCUT2D eigenvalue weighted by Gasteiger charge is 2.22. The van der Waals surface area contributed by atoms with Crippen LogP contribution in [0.2, 0.25) is 0 Å². The van der Waals surface area contributed by atoms with Crippen molar-refractivity contribution in [1.29, 1.82) is 0 Å². The third-order valence-electron chi connectivity index (χ3n) is 5.91. The maximum atomic E-state index is 10.8. The van der Waals surface area contributed by atoms with Gasteiger partial charge >= 0.3 is 0 Å². The molecule has 0 spiro atoms. The van der Waals surface area contributed by atoms with E-state index < -0.39 is 6.23 Å². The molecule has 1 aliphatic rings. The van der Waals surface area contributed by atoms with E-state index in [0.29, 0.717) is 19.4 Å². The number of ether oxygens (including phenoxy) is 1. The summed E-state index contributed by atoms with van der Waals surface area (Å²) in [5.74, 6) is 1.53. The van der Waals surface area contributed by atoms with Gasteiger partial charge < -0.3 is 9.84 Å². The summed E-state index contributed by atoms with van der Waals surface area (Å²) in [5, 5.41) is 17.6. The molecule has 0 radical (unpaired) electrons. The smallest absolute Gasteiger partial charge is 0.164 e. The Bertz CT molecular complexity index is 1220. The number of pyridine rings is 1. The van der Waals surface area contributed by atoms with Crippen molar-refractivity contribution in [2.75, 3.05) is 26.2 Å². The number of aldehydes is 1. The fraction of sp³-hybridized carbons (Fsp3) is 0.240.